The lowest BCUT2D eigenvalue weighted by Crippen LogP contribution is -2.34. The van der Waals surface area contributed by atoms with Crippen LogP contribution in [0.4, 0.5) is 4.79 Å². The number of carbonyl (C=O) groups is 1. The minimum Gasteiger partial charge on any atom is -0.464 e. The summed E-state index contributed by atoms with van der Waals surface area (Å²) in [5.74, 6) is 2.07. The molecule has 0 saturated carbocycles. The van der Waals surface area contributed by atoms with Crippen molar-refractivity contribution in [3.05, 3.63) is 23.7 Å². The molecule has 4 heteroatoms. The molecule has 1 amide bonds. The molecule has 0 saturated heterocycles. The molecule has 0 aliphatic heterocycles. The second-order valence-electron chi connectivity index (χ2n) is 6.38. The molecular weight excluding hydrogens is 254 g/mol. The van der Waals surface area contributed by atoms with Gasteiger partial charge in [0.25, 0.3) is 0 Å². The van der Waals surface area contributed by atoms with E-state index in [4.69, 9.17) is 9.15 Å². The van der Waals surface area contributed by atoms with Crippen LogP contribution in [0.5, 0.6) is 0 Å². The third-order valence-corrected chi connectivity index (χ3v) is 2.83. The lowest BCUT2D eigenvalue weighted by atomic mass is 10.1. The van der Waals surface area contributed by atoms with E-state index in [-0.39, 0.29) is 6.04 Å². The molecule has 1 atom stereocenters. The topological polar surface area (TPSA) is 51.5 Å². The van der Waals surface area contributed by atoms with E-state index >= 15 is 0 Å². The molecule has 1 N–H and O–H groups in total. The number of amides is 1. The van der Waals surface area contributed by atoms with E-state index in [1.54, 1.807) is 0 Å². The smallest absolute Gasteiger partial charge is 0.408 e. The normalized spacial score (nSPS) is 13.3. The second kappa shape index (κ2) is 6.82. The van der Waals surface area contributed by atoms with Crippen molar-refractivity contribution in [3.63, 3.8) is 0 Å². The van der Waals surface area contributed by atoms with Crippen LogP contribution in [-0.4, -0.2) is 11.7 Å². The minimum atomic E-state index is -0.493. The Bertz CT molecular complexity index is 429. The maximum absolute atomic E-state index is 11.9. The zero-order valence-corrected chi connectivity index (χ0v) is 13.4. The van der Waals surface area contributed by atoms with Gasteiger partial charge in [-0.05, 0) is 39.3 Å². The first-order chi connectivity index (χ1) is 9.23. The molecule has 0 spiro atoms. The third kappa shape index (κ3) is 5.27. The van der Waals surface area contributed by atoms with E-state index in [2.05, 4.69) is 26.1 Å². The molecule has 0 radical (unpaired) electrons. The summed E-state index contributed by atoms with van der Waals surface area (Å²) in [6, 6.07) is 3.77. The Morgan fingerprint density at radius 1 is 1.30 bits per heavy atom. The van der Waals surface area contributed by atoms with Crippen LogP contribution in [0.2, 0.25) is 0 Å². The summed E-state index contributed by atoms with van der Waals surface area (Å²) in [6.45, 7) is 11.8. The number of furan rings is 1. The first-order valence-electron chi connectivity index (χ1n) is 7.32. The van der Waals surface area contributed by atoms with E-state index in [1.807, 2.05) is 32.9 Å². The van der Waals surface area contributed by atoms with Gasteiger partial charge in [0.1, 0.15) is 17.1 Å². The average Bonchev–Trinajstić information content (AvgIpc) is 2.74. The Balaban J connectivity index is 2.75. The molecular formula is C16H27NO3. The highest BCUT2D eigenvalue weighted by molar-refractivity contribution is 5.68. The van der Waals surface area contributed by atoms with Crippen molar-refractivity contribution in [2.75, 3.05) is 0 Å². The molecule has 20 heavy (non-hydrogen) atoms. The maximum atomic E-state index is 11.9. The van der Waals surface area contributed by atoms with Gasteiger partial charge in [0.05, 0.1) is 6.04 Å². The largest absolute Gasteiger partial charge is 0.464 e. The summed E-state index contributed by atoms with van der Waals surface area (Å²) in [7, 11) is 0. The monoisotopic (exact) mass is 281 g/mol. The Kier molecular flexibility index (Phi) is 5.66. The van der Waals surface area contributed by atoms with Gasteiger partial charge in [0.15, 0.2) is 0 Å². The lowest BCUT2D eigenvalue weighted by molar-refractivity contribution is 0.0494. The van der Waals surface area contributed by atoms with Crippen molar-refractivity contribution < 1.29 is 13.9 Å². The Hall–Kier alpha value is -1.45. The molecule has 1 rings (SSSR count). The number of hydrogen-bond donors (Lipinski definition) is 1. The van der Waals surface area contributed by atoms with Crippen molar-refractivity contribution in [3.8, 4) is 0 Å². The minimum absolute atomic E-state index is 0.137. The fourth-order valence-electron chi connectivity index (χ4n) is 1.89. The summed E-state index contributed by atoms with van der Waals surface area (Å²) in [5.41, 5.74) is -0.493. The molecule has 1 aromatic rings. The number of nitrogens with one attached hydrogen (secondary N) is 1. The molecule has 1 aromatic heterocycles. The number of alkyl carbamates (subject to hydrolysis) is 1. The van der Waals surface area contributed by atoms with Gasteiger partial charge in [-0.1, -0.05) is 27.2 Å². The van der Waals surface area contributed by atoms with Crippen LogP contribution in [-0.2, 0) is 4.74 Å². The van der Waals surface area contributed by atoms with Crippen LogP contribution in [0.25, 0.3) is 0 Å². The van der Waals surface area contributed by atoms with Gasteiger partial charge in [-0.25, -0.2) is 4.79 Å². The van der Waals surface area contributed by atoms with Gasteiger partial charge in [-0.15, -0.1) is 0 Å². The highest BCUT2D eigenvalue weighted by Crippen LogP contribution is 2.25. The number of ether oxygens (including phenoxy) is 1. The van der Waals surface area contributed by atoms with Crippen molar-refractivity contribution in [1.29, 1.82) is 0 Å². The summed E-state index contributed by atoms with van der Waals surface area (Å²) in [6.07, 6.45) is 1.38. The molecule has 0 aliphatic carbocycles. The Labute approximate surface area is 121 Å². The standard InChI is InChI=1S/C16H27NO3/c1-7-8-12(17-15(18)20-16(4,5)6)14-10-9-13(19-14)11(2)3/h9-12H,7-8H2,1-6H3,(H,17,18)/t12-/m1/s1. The Morgan fingerprint density at radius 2 is 1.90 bits per heavy atom. The fraction of sp³-hybridized carbons (Fsp3) is 0.688. The second-order valence-corrected chi connectivity index (χ2v) is 6.38. The average molecular weight is 281 g/mol. The quantitative estimate of drug-likeness (QED) is 0.845. The van der Waals surface area contributed by atoms with Crippen molar-refractivity contribution in [2.45, 2.75) is 71.9 Å². The predicted molar refractivity (Wildman–Crippen MR) is 79.8 cm³/mol. The van der Waals surface area contributed by atoms with E-state index in [0.29, 0.717) is 5.92 Å². The highest BCUT2D eigenvalue weighted by Gasteiger charge is 2.22. The molecule has 114 valence electrons. The summed E-state index contributed by atoms with van der Waals surface area (Å²) >= 11 is 0. The summed E-state index contributed by atoms with van der Waals surface area (Å²) in [4.78, 5) is 11.9. The number of hydrogen-bond acceptors (Lipinski definition) is 3. The number of rotatable bonds is 5. The number of carbonyl (C=O) groups excluding carboxylic acids is 1. The lowest BCUT2D eigenvalue weighted by Gasteiger charge is -2.22. The predicted octanol–water partition coefficient (Wildman–Crippen LogP) is 4.77. The molecule has 1 heterocycles. The van der Waals surface area contributed by atoms with Gasteiger partial charge in [0.2, 0.25) is 0 Å². The van der Waals surface area contributed by atoms with Crippen molar-refractivity contribution >= 4 is 6.09 Å². The van der Waals surface area contributed by atoms with E-state index in [1.165, 1.54) is 0 Å². The van der Waals surface area contributed by atoms with Crippen LogP contribution in [0.1, 0.15) is 77.9 Å². The summed E-state index contributed by atoms with van der Waals surface area (Å²) < 4.78 is 11.1. The highest BCUT2D eigenvalue weighted by atomic mass is 16.6. The molecule has 4 nitrogen and oxygen atoms in total. The van der Waals surface area contributed by atoms with Crippen molar-refractivity contribution in [1.82, 2.24) is 5.32 Å². The fourth-order valence-corrected chi connectivity index (χ4v) is 1.89. The van der Waals surface area contributed by atoms with Gasteiger partial charge >= 0.3 is 6.09 Å². The molecule has 0 unspecified atom stereocenters. The summed E-state index contributed by atoms with van der Waals surface area (Å²) in [5, 5.41) is 2.89. The molecule has 0 aromatic carbocycles. The van der Waals surface area contributed by atoms with E-state index < -0.39 is 11.7 Å². The van der Waals surface area contributed by atoms with Gasteiger partial charge < -0.3 is 14.5 Å². The van der Waals surface area contributed by atoms with E-state index in [9.17, 15) is 4.79 Å². The molecule has 0 aliphatic rings. The molecule has 0 bridgehead atoms. The van der Waals surface area contributed by atoms with Crippen LogP contribution < -0.4 is 5.32 Å². The van der Waals surface area contributed by atoms with Gasteiger partial charge in [-0.3, -0.25) is 0 Å². The SMILES string of the molecule is CCC[C@@H](NC(=O)OC(C)(C)C)c1ccc(C(C)C)o1. The van der Waals surface area contributed by atoms with Gasteiger partial charge in [-0.2, -0.15) is 0 Å². The van der Waals surface area contributed by atoms with E-state index in [0.717, 1.165) is 24.4 Å². The Morgan fingerprint density at radius 3 is 2.35 bits per heavy atom. The first kappa shape index (κ1) is 16.6. The van der Waals surface area contributed by atoms with Crippen molar-refractivity contribution in [2.24, 2.45) is 0 Å². The first-order valence-corrected chi connectivity index (χ1v) is 7.32. The van der Waals surface area contributed by atoms with Crippen LogP contribution in [0, 0.1) is 0 Å². The van der Waals surface area contributed by atoms with Crippen LogP contribution >= 0.6 is 0 Å². The third-order valence-electron chi connectivity index (χ3n) is 2.83. The van der Waals surface area contributed by atoms with Gasteiger partial charge in [0, 0.05) is 5.92 Å². The maximum Gasteiger partial charge on any atom is 0.408 e. The van der Waals surface area contributed by atoms with Crippen LogP contribution in [0.15, 0.2) is 16.5 Å². The molecule has 0 fully saturated rings. The zero-order chi connectivity index (χ0) is 15.3. The zero-order valence-electron chi connectivity index (χ0n) is 13.4. The van der Waals surface area contributed by atoms with Crippen LogP contribution in [0.3, 0.4) is 0 Å².